The molecule has 0 aliphatic heterocycles. The summed E-state index contributed by atoms with van der Waals surface area (Å²) < 4.78 is 38.1. The lowest BCUT2D eigenvalue weighted by atomic mass is 10.1. The number of hydrogen-bond donors (Lipinski definition) is 2. The van der Waals surface area contributed by atoms with Crippen LogP contribution >= 0.6 is 0 Å². The number of benzene rings is 3. The van der Waals surface area contributed by atoms with E-state index in [1.165, 1.54) is 31.4 Å². The third-order valence-corrected chi connectivity index (χ3v) is 5.90. The van der Waals surface area contributed by atoms with Gasteiger partial charge in [-0.05, 0) is 74.0 Å². The van der Waals surface area contributed by atoms with E-state index in [1.807, 2.05) is 32.0 Å². The highest BCUT2D eigenvalue weighted by Crippen LogP contribution is 2.21. The van der Waals surface area contributed by atoms with Crippen LogP contribution in [0.5, 0.6) is 11.5 Å². The number of sulfonamides is 1. The van der Waals surface area contributed by atoms with Crippen molar-refractivity contribution in [2.24, 2.45) is 0 Å². The second-order valence-corrected chi connectivity index (χ2v) is 8.64. The van der Waals surface area contributed by atoms with Crippen molar-refractivity contribution >= 4 is 27.3 Å². The molecule has 1 amide bonds. The van der Waals surface area contributed by atoms with Gasteiger partial charge in [0.25, 0.3) is 15.9 Å². The van der Waals surface area contributed by atoms with Gasteiger partial charge in [0.05, 0.1) is 12.0 Å². The number of ether oxygens (including phenoxy) is 2. The number of amides is 1. The molecule has 31 heavy (non-hydrogen) atoms. The second-order valence-electron chi connectivity index (χ2n) is 6.96. The van der Waals surface area contributed by atoms with Crippen molar-refractivity contribution in [3.8, 4) is 11.5 Å². The minimum atomic E-state index is -3.76. The van der Waals surface area contributed by atoms with Crippen molar-refractivity contribution in [2.75, 3.05) is 23.8 Å². The average molecular weight is 441 g/mol. The van der Waals surface area contributed by atoms with Gasteiger partial charge in [-0.25, -0.2) is 8.42 Å². The maximum Gasteiger partial charge on any atom is 0.262 e. The van der Waals surface area contributed by atoms with E-state index in [2.05, 4.69) is 10.0 Å². The molecule has 0 saturated heterocycles. The first-order chi connectivity index (χ1) is 14.8. The summed E-state index contributed by atoms with van der Waals surface area (Å²) in [7, 11) is -2.22. The van der Waals surface area contributed by atoms with Gasteiger partial charge in [0, 0.05) is 11.4 Å². The van der Waals surface area contributed by atoms with Gasteiger partial charge in [0.15, 0.2) is 6.61 Å². The van der Waals surface area contributed by atoms with Crippen molar-refractivity contribution in [3.05, 3.63) is 77.9 Å². The summed E-state index contributed by atoms with van der Waals surface area (Å²) in [6.45, 7) is 3.71. The molecule has 8 heteroatoms. The monoisotopic (exact) mass is 440 g/mol. The van der Waals surface area contributed by atoms with Gasteiger partial charge in [-0.15, -0.1) is 0 Å². The molecule has 0 spiro atoms. The van der Waals surface area contributed by atoms with Crippen molar-refractivity contribution < 1.29 is 22.7 Å². The Bertz CT molecular complexity index is 1160. The number of hydrogen-bond acceptors (Lipinski definition) is 5. The third kappa shape index (κ3) is 5.99. The molecule has 0 aromatic heterocycles. The minimum Gasteiger partial charge on any atom is -0.497 e. The molecule has 0 unspecified atom stereocenters. The zero-order valence-corrected chi connectivity index (χ0v) is 18.3. The number of carbonyl (C=O) groups is 1. The first-order valence-corrected chi connectivity index (χ1v) is 11.0. The minimum absolute atomic E-state index is 0.0791. The molecule has 0 atom stereocenters. The molecule has 3 aromatic rings. The lowest BCUT2D eigenvalue weighted by molar-refractivity contribution is -0.118. The van der Waals surface area contributed by atoms with Crippen LogP contribution in [0.2, 0.25) is 0 Å². The van der Waals surface area contributed by atoms with Gasteiger partial charge < -0.3 is 14.8 Å². The SMILES string of the molecule is COc1ccc(NS(=O)(=O)c2ccc(OCC(=O)Nc3ccc(C)cc3C)cc2)cc1. The fourth-order valence-electron chi connectivity index (χ4n) is 2.88. The summed E-state index contributed by atoms with van der Waals surface area (Å²) in [4.78, 5) is 12.2. The predicted octanol–water partition coefficient (Wildman–Crippen LogP) is 4.13. The van der Waals surface area contributed by atoms with Gasteiger partial charge in [-0.1, -0.05) is 17.7 Å². The Labute approximate surface area is 182 Å². The first kappa shape index (κ1) is 22.2. The summed E-state index contributed by atoms with van der Waals surface area (Å²) in [5.41, 5.74) is 3.23. The van der Waals surface area contributed by atoms with Crippen LogP contribution in [-0.2, 0) is 14.8 Å². The zero-order chi connectivity index (χ0) is 22.4. The van der Waals surface area contributed by atoms with Crippen LogP contribution in [0, 0.1) is 13.8 Å². The number of rotatable bonds is 8. The number of aryl methyl sites for hydroxylation is 2. The zero-order valence-electron chi connectivity index (χ0n) is 17.5. The van der Waals surface area contributed by atoms with Crippen LogP contribution < -0.4 is 19.5 Å². The van der Waals surface area contributed by atoms with E-state index in [9.17, 15) is 13.2 Å². The maximum atomic E-state index is 12.5. The Morgan fingerprint density at radius 3 is 2.16 bits per heavy atom. The predicted molar refractivity (Wildman–Crippen MR) is 120 cm³/mol. The molecule has 0 fully saturated rings. The van der Waals surface area contributed by atoms with Gasteiger partial charge >= 0.3 is 0 Å². The van der Waals surface area contributed by atoms with E-state index < -0.39 is 10.0 Å². The molecule has 0 aliphatic rings. The van der Waals surface area contributed by atoms with E-state index in [-0.39, 0.29) is 17.4 Å². The fourth-order valence-corrected chi connectivity index (χ4v) is 3.94. The Kier molecular flexibility index (Phi) is 6.81. The normalized spacial score (nSPS) is 10.9. The lowest BCUT2D eigenvalue weighted by Crippen LogP contribution is -2.20. The van der Waals surface area contributed by atoms with Crippen LogP contribution in [0.25, 0.3) is 0 Å². The molecule has 3 rings (SSSR count). The quantitative estimate of drug-likeness (QED) is 0.549. The second kappa shape index (κ2) is 9.53. The van der Waals surface area contributed by atoms with Gasteiger partial charge in [-0.3, -0.25) is 9.52 Å². The molecule has 0 saturated carbocycles. The molecule has 3 aromatic carbocycles. The van der Waals surface area contributed by atoms with E-state index in [0.717, 1.165) is 16.8 Å². The Balaban J connectivity index is 1.58. The Morgan fingerprint density at radius 1 is 0.903 bits per heavy atom. The molecular weight excluding hydrogens is 416 g/mol. The van der Waals surface area contributed by atoms with Crippen molar-refractivity contribution in [2.45, 2.75) is 18.7 Å². The molecule has 7 nitrogen and oxygen atoms in total. The summed E-state index contributed by atoms with van der Waals surface area (Å²) >= 11 is 0. The topological polar surface area (TPSA) is 93.7 Å². The van der Waals surface area contributed by atoms with Crippen LogP contribution in [-0.4, -0.2) is 28.0 Å². The lowest BCUT2D eigenvalue weighted by Gasteiger charge is -2.11. The highest BCUT2D eigenvalue weighted by Gasteiger charge is 2.14. The Morgan fingerprint density at radius 2 is 1.55 bits per heavy atom. The highest BCUT2D eigenvalue weighted by molar-refractivity contribution is 7.92. The summed E-state index contributed by atoms with van der Waals surface area (Å²) in [6, 6.07) is 18.2. The van der Waals surface area contributed by atoms with E-state index in [1.54, 1.807) is 24.3 Å². The molecule has 0 heterocycles. The fraction of sp³-hybridized carbons (Fsp3) is 0.174. The van der Waals surface area contributed by atoms with Gasteiger partial charge in [-0.2, -0.15) is 0 Å². The summed E-state index contributed by atoms with van der Waals surface area (Å²) in [5.74, 6) is 0.718. The van der Waals surface area contributed by atoms with Crippen LogP contribution in [0.1, 0.15) is 11.1 Å². The van der Waals surface area contributed by atoms with Crippen molar-refractivity contribution in [1.82, 2.24) is 0 Å². The number of nitrogens with one attached hydrogen (secondary N) is 2. The van der Waals surface area contributed by atoms with Crippen LogP contribution in [0.15, 0.2) is 71.6 Å². The van der Waals surface area contributed by atoms with Crippen LogP contribution in [0.4, 0.5) is 11.4 Å². The standard InChI is InChI=1S/C23H24N2O5S/c1-16-4-13-22(17(2)14-16)24-23(26)15-30-20-9-11-21(12-10-20)31(27,28)25-18-5-7-19(29-3)8-6-18/h4-14,25H,15H2,1-3H3,(H,24,26). The molecule has 0 radical (unpaired) electrons. The highest BCUT2D eigenvalue weighted by atomic mass is 32.2. The molecule has 162 valence electrons. The van der Waals surface area contributed by atoms with E-state index in [4.69, 9.17) is 9.47 Å². The average Bonchev–Trinajstić information content (AvgIpc) is 2.75. The maximum absolute atomic E-state index is 12.5. The largest absolute Gasteiger partial charge is 0.497 e. The van der Waals surface area contributed by atoms with Crippen LogP contribution in [0.3, 0.4) is 0 Å². The van der Waals surface area contributed by atoms with E-state index in [0.29, 0.717) is 17.2 Å². The molecule has 0 bridgehead atoms. The van der Waals surface area contributed by atoms with Gasteiger partial charge in [0.2, 0.25) is 0 Å². The van der Waals surface area contributed by atoms with Crippen molar-refractivity contribution in [1.29, 1.82) is 0 Å². The van der Waals surface area contributed by atoms with Gasteiger partial charge in [0.1, 0.15) is 11.5 Å². The molecule has 0 aliphatic carbocycles. The van der Waals surface area contributed by atoms with Crippen molar-refractivity contribution in [3.63, 3.8) is 0 Å². The smallest absolute Gasteiger partial charge is 0.262 e. The number of methoxy groups -OCH3 is 1. The third-order valence-electron chi connectivity index (χ3n) is 4.50. The molecular formula is C23H24N2O5S. The summed E-state index contributed by atoms with van der Waals surface area (Å²) in [5, 5.41) is 2.80. The Hall–Kier alpha value is -3.52. The summed E-state index contributed by atoms with van der Waals surface area (Å²) in [6.07, 6.45) is 0. The number of carbonyl (C=O) groups excluding carboxylic acids is 1. The first-order valence-electron chi connectivity index (χ1n) is 9.54. The molecule has 2 N–H and O–H groups in total. The van der Waals surface area contributed by atoms with E-state index >= 15 is 0 Å². The number of anilines is 2.